The number of fused-ring (bicyclic) bond motifs is 1. The van der Waals surface area contributed by atoms with Gasteiger partial charge < -0.3 is 15.0 Å². The number of H-pyrrole nitrogens is 1. The average molecular weight is 431 g/mol. The van der Waals surface area contributed by atoms with Gasteiger partial charge in [-0.3, -0.25) is 10.1 Å². The Morgan fingerprint density at radius 3 is 2.61 bits per heavy atom. The molecule has 1 amide bonds. The summed E-state index contributed by atoms with van der Waals surface area (Å²) in [5, 5.41) is 6.06. The van der Waals surface area contributed by atoms with E-state index in [-0.39, 0.29) is 11.0 Å². The summed E-state index contributed by atoms with van der Waals surface area (Å²) < 4.78 is 5.37. The molecule has 31 heavy (non-hydrogen) atoms. The van der Waals surface area contributed by atoms with Gasteiger partial charge in [-0.05, 0) is 61.5 Å². The number of hydrogen-bond acceptors (Lipinski definition) is 4. The Morgan fingerprint density at radius 2 is 1.84 bits per heavy atom. The van der Waals surface area contributed by atoms with E-state index in [0.29, 0.717) is 11.3 Å². The second-order valence-corrected chi connectivity index (χ2v) is 7.60. The van der Waals surface area contributed by atoms with Crippen LogP contribution in [0.5, 0.6) is 5.75 Å². The molecule has 0 spiro atoms. The molecule has 4 aromatic rings. The number of carbonyl (C=O) groups excluding carboxylic acids is 1. The molecule has 0 saturated carbocycles. The molecule has 7 heteroatoms. The molecule has 1 heterocycles. The van der Waals surface area contributed by atoms with Crippen molar-refractivity contribution < 1.29 is 9.53 Å². The van der Waals surface area contributed by atoms with Crippen LogP contribution in [0.2, 0.25) is 0 Å². The first-order chi connectivity index (χ1) is 15.0. The second kappa shape index (κ2) is 8.57. The first-order valence-corrected chi connectivity index (χ1v) is 10.2. The number of methoxy groups -OCH3 is 1. The van der Waals surface area contributed by atoms with E-state index in [4.69, 9.17) is 17.0 Å². The summed E-state index contributed by atoms with van der Waals surface area (Å²) in [7, 11) is 1.54. The fourth-order valence-corrected chi connectivity index (χ4v) is 3.62. The van der Waals surface area contributed by atoms with E-state index >= 15 is 0 Å². The van der Waals surface area contributed by atoms with Gasteiger partial charge in [-0.25, -0.2) is 4.98 Å². The van der Waals surface area contributed by atoms with E-state index in [1.54, 1.807) is 13.2 Å². The molecule has 0 fully saturated rings. The highest BCUT2D eigenvalue weighted by Gasteiger charge is 2.16. The standard InChI is InChI=1S/C24H22N4O2S/c1-14-11-12-16(22-25-18-9-4-5-10-19(18)26-22)13-20(14)27-24(31)28-23(29)17-8-6-7-15(2)21(17)30-3/h4-13H,1-3H3,(H,25,26)(H2,27,28,29,31). The normalized spacial score (nSPS) is 10.7. The number of aromatic nitrogens is 2. The van der Waals surface area contributed by atoms with Gasteiger partial charge in [-0.1, -0.05) is 36.4 Å². The quantitative estimate of drug-likeness (QED) is 0.398. The van der Waals surface area contributed by atoms with E-state index in [1.807, 2.05) is 68.4 Å². The lowest BCUT2D eigenvalue weighted by Gasteiger charge is -2.14. The van der Waals surface area contributed by atoms with Crippen LogP contribution in [0.15, 0.2) is 60.7 Å². The molecule has 6 nitrogen and oxygen atoms in total. The Hall–Kier alpha value is -3.71. The fourth-order valence-electron chi connectivity index (χ4n) is 3.42. The third kappa shape index (κ3) is 4.27. The molecule has 0 aliphatic heterocycles. The Bertz CT molecular complexity index is 1260. The van der Waals surface area contributed by atoms with Crippen LogP contribution in [0, 0.1) is 13.8 Å². The maximum Gasteiger partial charge on any atom is 0.261 e. The number of benzene rings is 3. The summed E-state index contributed by atoms with van der Waals surface area (Å²) in [5.41, 5.74) is 5.88. The zero-order valence-corrected chi connectivity index (χ0v) is 18.3. The number of thiocarbonyl (C=S) groups is 1. The van der Waals surface area contributed by atoms with Crippen molar-refractivity contribution in [3.05, 3.63) is 77.4 Å². The summed E-state index contributed by atoms with van der Waals surface area (Å²) >= 11 is 5.39. The summed E-state index contributed by atoms with van der Waals surface area (Å²) in [5.74, 6) is 0.971. The summed E-state index contributed by atoms with van der Waals surface area (Å²) in [6.07, 6.45) is 0. The first kappa shape index (κ1) is 20.6. The maximum atomic E-state index is 12.7. The van der Waals surface area contributed by atoms with Crippen molar-refractivity contribution in [3.63, 3.8) is 0 Å². The van der Waals surface area contributed by atoms with Gasteiger partial charge in [-0.2, -0.15) is 0 Å². The highest BCUT2D eigenvalue weighted by Crippen LogP contribution is 2.26. The molecule has 3 N–H and O–H groups in total. The van der Waals surface area contributed by atoms with Gasteiger partial charge in [0.15, 0.2) is 5.11 Å². The Kier molecular flexibility index (Phi) is 5.68. The van der Waals surface area contributed by atoms with Crippen LogP contribution in [-0.4, -0.2) is 28.1 Å². The van der Waals surface area contributed by atoms with Crippen molar-refractivity contribution in [1.29, 1.82) is 0 Å². The van der Waals surface area contributed by atoms with Gasteiger partial charge in [0.05, 0.1) is 23.7 Å². The largest absolute Gasteiger partial charge is 0.496 e. The first-order valence-electron chi connectivity index (χ1n) is 9.78. The SMILES string of the molecule is COc1c(C)cccc1C(=O)NC(=S)Nc1cc(-c2nc3ccccc3[nH]2)ccc1C. The van der Waals surface area contributed by atoms with E-state index in [0.717, 1.165) is 39.2 Å². The number of carbonyl (C=O) groups is 1. The van der Waals surface area contributed by atoms with Crippen molar-refractivity contribution in [1.82, 2.24) is 15.3 Å². The number of ether oxygens (including phenoxy) is 1. The predicted molar refractivity (Wildman–Crippen MR) is 128 cm³/mol. The summed E-state index contributed by atoms with van der Waals surface area (Å²) in [6, 6.07) is 19.2. The number of para-hydroxylation sites is 3. The van der Waals surface area contributed by atoms with Crippen LogP contribution in [0.1, 0.15) is 21.5 Å². The van der Waals surface area contributed by atoms with Gasteiger partial charge in [-0.15, -0.1) is 0 Å². The molecule has 0 radical (unpaired) electrons. The van der Waals surface area contributed by atoms with Gasteiger partial charge in [0, 0.05) is 11.3 Å². The third-order valence-electron chi connectivity index (χ3n) is 5.04. The molecule has 1 aromatic heterocycles. The molecule has 0 unspecified atom stereocenters. The summed E-state index contributed by atoms with van der Waals surface area (Å²) in [6.45, 7) is 3.86. The molecule has 156 valence electrons. The van der Waals surface area contributed by atoms with Crippen LogP contribution in [0.25, 0.3) is 22.4 Å². The summed E-state index contributed by atoms with van der Waals surface area (Å²) in [4.78, 5) is 20.7. The number of nitrogens with zero attached hydrogens (tertiary/aromatic N) is 1. The van der Waals surface area contributed by atoms with E-state index in [9.17, 15) is 4.79 Å². The van der Waals surface area contributed by atoms with E-state index < -0.39 is 0 Å². The Balaban J connectivity index is 1.54. The minimum atomic E-state index is -0.329. The predicted octanol–water partition coefficient (Wildman–Crippen LogP) is 4.98. The number of nitrogens with one attached hydrogen (secondary N) is 3. The van der Waals surface area contributed by atoms with E-state index in [2.05, 4.69) is 20.6 Å². The molecule has 0 atom stereocenters. The fraction of sp³-hybridized carbons (Fsp3) is 0.125. The van der Waals surface area contributed by atoms with Crippen molar-refractivity contribution in [2.24, 2.45) is 0 Å². The lowest BCUT2D eigenvalue weighted by Crippen LogP contribution is -2.34. The average Bonchev–Trinajstić information content (AvgIpc) is 3.19. The molecular formula is C24H22N4O2S. The molecule has 0 aliphatic rings. The van der Waals surface area contributed by atoms with Gasteiger partial charge in [0.2, 0.25) is 0 Å². The van der Waals surface area contributed by atoms with Crippen molar-refractivity contribution >= 4 is 40.0 Å². The molecule has 3 aromatic carbocycles. The highest BCUT2D eigenvalue weighted by molar-refractivity contribution is 7.80. The minimum Gasteiger partial charge on any atom is -0.496 e. The topological polar surface area (TPSA) is 79.0 Å². The minimum absolute atomic E-state index is 0.207. The van der Waals surface area contributed by atoms with Gasteiger partial charge in [0.25, 0.3) is 5.91 Å². The number of hydrogen-bond donors (Lipinski definition) is 3. The Labute approximate surface area is 185 Å². The van der Waals surface area contributed by atoms with Crippen LogP contribution in [0.4, 0.5) is 5.69 Å². The van der Waals surface area contributed by atoms with Crippen molar-refractivity contribution in [2.75, 3.05) is 12.4 Å². The Morgan fingerprint density at radius 1 is 1.03 bits per heavy atom. The van der Waals surface area contributed by atoms with Crippen LogP contribution >= 0.6 is 12.2 Å². The van der Waals surface area contributed by atoms with Crippen LogP contribution in [-0.2, 0) is 0 Å². The molecule has 0 saturated heterocycles. The number of rotatable bonds is 4. The highest BCUT2D eigenvalue weighted by atomic mass is 32.1. The molecule has 4 rings (SSSR count). The number of amides is 1. The van der Waals surface area contributed by atoms with Crippen molar-refractivity contribution in [2.45, 2.75) is 13.8 Å². The van der Waals surface area contributed by atoms with Crippen LogP contribution < -0.4 is 15.4 Å². The molecule has 0 bridgehead atoms. The van der Waals surface area contributed by atoms with E-state index in [1.165, 1.54) is 0 Å². The number of anilines is 1. The zero-order chi connectivity index (χ0) is 22.0. The second-order valence-electron chi connectivity index (χ2n) is 7.20. The lowest BCUT2D eigenvalue weighted by atomic mass is 10.1. The number of imidazole rings is 1. The van der Waals surface area contributed by atoms with Crippen LogP contribution in [0.3, 0.4) is 0 Å². The van der Waals surface area contributed by atoms with Gasteiger partial charge >= 0.3 is 0 Å². The van der Waals surface area contributed by atoms with Gasteiger partial charge in [0.1, 0.15) is 11.6 Å². The monoisotopic (exact) mass is 430 g/mol. The number of aromatic amines is 1. The molecular weight excluding hydrogens is 408 g/mol. The smallest absolute Gasteiger partial charge is 0.261 e. The van der Waals surface area contributed by atoms with Crippen molar-refractivity contribution in [3.8, 4) is 17.1 Å². The maximum absolute atomic E-state index is 12.7. The zero-order valence-electron chi connectivity index (χ0n) is 17.4. The number of aryl methyl sites for hydroxylation is 2. The molecule has 0 aliphatic carbocycles. The lowest BCUT2D eigenvalue weighted by molar-refractivity contribution is 0.0974. The third-order valence-corrected chi connectivity index (χ3v) is 5.24.